The summed E-state index contributed by atoms with van der Waals surface area (Å²) in [6.45, 7) is 0.456. The van der Waals surface area contributed by atoms with Gasteiger partial charge in [0.05, 0.1) is 18.2 Å². The van der Waals surface area contributed by atoms with Crippen molar-refractivity contribution >= 4 is 29.1 Å². The van der Waals surface area contributed by atoms with Crippen LogP contribution in [0.2, 0.25) is 0 Å². The Bertz CT molecular complexity index is 887. The van der Waals surface area contributed by atoms with Gasteiger partial charge in [0.15, 0.2) is 11.5 Å². The van der Waals surface area contributed by atoms with E-state index in [-0.39, 0.29) is 17.7 Å². The van der Waals surface area contributed by atoms with E-state index >= 15 is 0 Å². The van der Waals surface area contributed by atoms with E-state index in [0.29, 0.717) is 30.1 Å². The van der Waals surface area contributed by atoms with Gasteiger partial charge in [-0.05, 0) is 18.6 Å². The number of carbonyl (C=O) groups excluding carboxylic acids is 1. The maximum absolute atomic E-state index is 12.1. The lowest BCUT2D eigenvalue weighted by Gasteiger charge is -2.03. The quantitative estimate of drug-likeness (QED) is 0.574. The molecule has 0 aliphatic carbocycles. The topological polar surface area (TPSA) is 132 Å². The van der Waals surface area contributed by atoms with E-state index in [0.717, 1.165) is 5.52 Å². The molecule has 0 saturated carbocycles. The number of fused-ring (bicyclic) bond motifs is 1. The van der Waals surface area contributed by atoms with E-state index in [9.17, 15) is 4.79 Å². The van der Waals surface area contributed by atoms with Gasteiger partial charge in [0.1, 0.15) is 0 Å². The Kier molecular flexibility index (Phi) is 4.84. The first kappa shape index (κ1) is 16.4. The highest BCUT2D eigenvalue weighted by atomic mass is 16.5. The van der Waals surface area contributed by atoms with Crippen LogP contribution < -0.4 is 15.8 Å². The maximum Gasteiger partial charge on any atom is 0.287 e. The second kappa shape index (κ2) is 7.39. The van der Waals surface area contributed by atoms with Crippen LogP contribution in [0.25, 0.3) is 17.2 Å². The first-order valence-corrected chi connectivity index (χ1v) is 7.59. The van der Waals surface area contributed by atoms with Crippen molar-refractivity contribution in [2.24, 2.45) is 0 Å². The van der Waals surface area contributed by atoms with E-state index in [1.54, 1.807) is 18.5 Å². The molecule has 128 valence electrons. The minimum atomic E-state index is -0.278. The Morgan fingerprint density at radius 2 is 2.28 bits per heavy atom. The number of carbonyl (C=O) groups is 1. The molecule has 0 aromatic carbocycles. The van der Waals surface area contributed by atoms with Crippen molar-refractivity contribution in [2.75, 3.05) is 19.4 Å². The number of pyridine rings is 1. The standard InChI is InChI=1S/C16H17N7O2/c1-25-15-10(9-20-16(17)23-15)5-2-3-7-19-14(24)13-21-11-6-4-8-18-12(11)22-13/h2,4-6,8-9H,3,7H2,1H3,(H,19,24)(H2,17,20,23)(H,18,21,22)/b5-2+. The molecular weight excluding hydrogens is 322 g/mol. The first-order chi connectivity index (χ1) is 12.2. The van der Waals surface area contributed by atoms with Crippen molar-refractivity contribution in [1.29, 1.82) is 0 Å². The first-order valence-electron chi connectivity index (χ1n) is 7.59. The van der Waals surface area contributed by atoms with Gasteiger partial charge in [-0.15, -0.1) is 0 Å². The lowest BCUT2D eigenvalue weighted by molar-refractivity contribution is 0.0945. The summed E-state index contributed by atoms with van der Waals surface area (Å²) in [6.07, 6.45) is 7.54. The van der Waals surface area contributed by atoms with Crippen LogP contribution in [0.1, 0.15) is 22.6 Å². The highest BCUT2D eigenvalue weighted by molar-refractivity contribution is 5.93. The molecule has 3 aromatic rings. The van der Waals surface area contributed by atoms with Crippen molar-refractivity contribution in [1.82, 2.24) is 30.2 Å². The number of nitrogen functional groups attached to an aromatic ring is 1. The number of aromatic nitrogens is 5. The third-order valence-corrected chi connectivity index (χ3v) is 3.36. The van der Waals surface area contributed by atoms with E-state index < -0.39 is 0 Å². The van der Waals surface area contributed by atoms with Gasteiger partial charge >= 0.3 is 0 Å². The Morgan fingerprint density at radius 1 is 1.40 bits per heavy atom. The molecule has 4 N–H and O–H groups in total. The number of methoxy groups -OCH3 is 1. The van der Waals surface area contributed by atoms with Gasteiger partial charge in [-0.2, -0.15) is 4.98 Å². The number of nitrogens with zero attached hydrogens (tertiary/aromatic N) is 4. The van der Waals surface area contributed by atoms with E-state index in [4.69, 9.17) is 10.5 Å². The zero-order valence-corrected chi connectivity index (χ0v) is 13.6. The van der Waals surface area contributed by atoms with E-state index in [1.165, 1.54) is 7.11 Å². The number of nitrogens with one attached hydrogen (secondary N) is 2. The molecule has 0 aliphatic rings. The number of rotatable bonds is 6. The van der Waals surface area contributed by atoms with Crippen molar-refractivity contribution < 1.29 is 9.53 Å². The second-order valence-electron chi connectivity index (χ2n) is 5.10. The average Bonchev–Trinajstić information content (AvgIpc) is 3.06. The number of imidazole rings is 1. The highest BCUT2D eigenvalue weighted by Gasteiger charge is 2.10. The molecule has 1 amide bonds. The van der Waals surface area contributed by atoms with Crippen molar-refractivity contribution in [3.05, 3.63) is 42.0 Å². The van der Waals surface area contributed by atoms with Gasteiger partial charge < -0.3 is 20.8 Å². The van der Waals surface area contributed by atoms with E-state index in [2.05, 4.69) is 30.2 Å². The van der Waals surface area contributed by atoms with Gasteiger partial charge in [0.2, 0.25) is 11.8 Å². The molecule has 3 rings (SSSR count). The van der Waals surface area contributed by atoms with Crippen LogP contribution in [0, 0.1) is 0 Å². The number of hydrogen-bond donors (Lipinski definition) is 3. The van der Waals surface area contributed by atoms with Crippen LogP contribution in [0.4, 0.5) is 5.95 Å². The number of nitrogens with two attached hydrogens (primary N) is 1. The van der Waals surface area contributed by atoms with Gasteiger partial charge in [-0.3, -0.25) is 4.79 Å². The summed E-state index contributed by atoms with van der Waals surface area (Å²) in [7, 11) is 1.52. The molecule has 0 radical (unpaired) electrons. The largest absolute Gasteiger partial charge is 0.480 e. The summed E-state index contributed by atoms with van der Waals surface area (Å²) in [4.78, 5) is 31.1. The molecule has 0 fully saturated rings. The lowest BCUT2D eigenvalue weighted by atomic mass is 10.2. The summed E-state index contributed by atoms with van der Waals surface area (Å²) in [5, 5.41) is 2.79. The monoisotopic (exact) mass is 339 g/mol. The zero-order valence-electron chi connectivity index (χ0n) is 13.6. The summed E-state index contributed by atoms with van der Waals surface area (Å²) in [6, 6.07) is 3.60. The number of ether oxygens (including phenoxy) is 1. The predicted molar refractivity (Wildman–Crippen MR) is 92.9 cm³/mol. The molecule has 0 bridgehead atoms. The molecule has 0 saturated heterocycles. The lowest BCUT2D eigenvalue weighted by Crippen LogP contribution is -2.25. The van der Waals surface area contributed by atoms with Crippen LogP contribution in [0.5, 0.6) is 5.88 Å². The minimum Gasteiger partial charge on any atom is -0.480 e. The number of amides is 1. The zero-order chi connectivity index (χ0) is 17.6. The van der Waals surface area contributed by atoms with Crippen LogP contribution >= 0.6 is 0 Å². The Labute approximate surface area is 143 Å². The SMILES string of the molecule is COc1nc(N)ncc1/C=C/CCNC(=O)c1nc2ncccc2[nH]1. The highest BCUT2D eigenvalue weighted by Crippen LogP contribution is 2.16. The van der Waals surface area contributed by atoms with Gasteiger partial charge in [-0.1, -0.05) is 12.2 Å². The van der Waals surface area contributed by atoms with Gasteiger partial charge in [-0.25, -0.2) is 15.0 Å². The molecule has 25 heavy (non-hydrogen) atoms. The Balaban J connectivity index is 1.53. The van der Waals surface area contributed by atoms with Crippen LogP contribution in [-0.4, -0.2) is 44.5 Å². The summed E-state index contributed by atoms with van der Waals surface area (Å²) >= 11 is 0. The van der Waals surface area contributed by atoms with E-state index in [1.807, 2.05) is 18.2 Å². The van der Waals surface area contributed by atoms with Crippen molar-refractivity contribution in [2.45, 2.75) is 6.42 Å². The normalized spacial score (nSPS) is 11.1. The molecule has 0 aliphatic heterocycles. The molecule has 9 heteroatoms. The Morgan fingerprint density at radius 3 is 3.08 bits per heavy atom. The number of anilines is 1. The minimum absolute atomic E-state index is 0.154. The van der Waals surface area contributed by atoms with Crippen LogP contribution in [0.15, 0.2) is 30.6 Å². The predicted octanol–water partition coefficient (Wildman–Crippen LogP) is 1.17. The number of aromatic amines is 1. The molecule has 0 atom stereocenters. The second-order valence-corrected chi connectivity index (χ2v) is 5.10. The number of hydrogen-bond acceptors (Lipinski definition) is 7. The van der Waals surface area contributed by atoms with Gasteiger partial charge in [0.25, 0.3) is 5.91 Å². The van der Waals surface area contributed by atoms with Crippen LogP contribution in [0.3, 0.4) is 0 Å². The molecule has 0 spiro atoms. The molecule has 3 aromatic heterocycles. The summed E-state index contributed by atoms with van der Waals surface area (Å²) in [5.74, 6) is 0.523. The maximum atomic E-state index is 12.1. The smallest absolute Gasteiger partial charge is 0.287 e. The fraction of sp³-hybridized carbons (Fsp3) is 0.188. The average molecular weight is 339 g/mol. The Hall–Kier alpha value is -3.49. The molecule has 3 heterocycles. The molecular formula is C16H17N7O2. The van der Waals surface area contributed by atoms with Crippen LogP contribution in [-0.2, 0) is 0 Å². The third-order valence-electron chi connectivity index (χ3n) is 3.36. The fourth-order valence-electron chi connectivity index (χ4n) is 2.18. The van der Waals surface area contributed by atoms with Crippen molar-refractivity contribution in [3.63, 3.8) is 0 Å². The number of H-pyrrole nitrogens is 1. The fourth-order valence-corrected chi connectivity index (χ4v) is 2.18. The van der Waals surface area contributed by atoms with Crippen molar-refractivity contribution in [3.8, 4) is 5.88 Å². The summed E-state index contributed by atoms with van der Waals surface area (Å²) < 4.78 is 5.14. The summed E-state index contributed by atoms with van der Waals surface area (Å²) in [5.41, 5.74) is 7.46. The molecule has 0 unspecified atom stereocenters. The third kappa shape index (κ3) is 3.89. The molecule has 9 nitrogen and oxygen atoms in total. The van der Waals surface area contributed by atoms with Gasteiger partial charge in [0, 0.05) is 18.9 Å².